The molecule has 2 aromatic heterocycles. The first-order valence-electron chi connectivity index (χ1n) is 9.24. The van der Waals surface area contributed by atoms with Gasteiger partial charge in [-0.2, -0.15) is 0 Å². The van der Waals surface area contributed by atoms with Crippen molar-refractivity contribution >= 4 is 11.8 Å². The zero-order chi connectivity index (χ0) is 20.4. The largest absolute Gasteiger partial charge is 0.352 e. The van der Waals surface area contributed by atoms with Gasteiger partial charge >= 0.3 is 0 Å². The Morgan fingerprint density at radius 1 is 1.11 bits per heavy atom. The summed E-state index contributed by atoms with van der Waals surface area (Å²) in [5, 5.41) is 2.91. The van der Waals surface area contributed by atoms with E-state index in [1.807, 2.05) is 0 Å². The lowest BCUT2D eigenvalue weighted by Gasteiger charge is -2.18. The Morgan fingerprint density at radius 2 is 1.82 bits per heavy atom. The number of amides is 2. The van der Waals surface area contributed by atoms with Crippen LogP contribution in [0.15, 0.2) is 27.8 Å². The van der Waals surface area contributed by atoms with E-state index in [2.05, 4.69) is 15.3 Å². The summed E-state index contributed by atoms with van der Waals surface area (Å²) in [7, 11) is 0. The Morgan fingerprint density at radius 3 is 2.50 bits per heavy atom. The van der Waals surface area contributed by atoms with Gasteiger partial charge in [-0.25, -0.2) is 0 Å². The summed E-state index contributed by atoms with van der Waals surface area (Å²) >= 11 is 0. The average molecular weight is 384 g/mol. The number of pyridine rings is 2. The number of H-pyrrole nitrogens is 2. The molecule has 3 N–H and O–H groups in total. The maximum atomic E-state index is 12.7. The zero-order valence-corrected chi connectivity index (χ0v) is 16.2. The molecule has 148 valence electrons. The second-order valence-electron chi connectivity index (χ2n) is 7.29. The Hall–Kier alpha value is -3.16. The molecule has 0 radical (unpaired) electrons. The zero-order valence-electron chi connectivity index (χ0n) is 16.2. The van der Waals surface area contributed by atoms with Crippen molar-refractivity contribution in [2.45, 2.75) is 27.2 Å². The van der Waals surface area contributed by atoms with Crippen molar-refractivity contribution in [3.05, 3.63) is 67.0 Å². The summed E-state index contributed by atoms with van der Waals surface area (Å²) in [6.45, 7) is 6.74. The molecule has 0 aromatic carbocycles. The summed E-state index contributed by atoms with van der Waals surface area (Å²) < 4.78 is 0. The van der Waals surface area contributed by atoms with Gasteiger partial charge in [-0.1, -0.05) is 0 Å². The van der Waals surface area contributed by atoms with Crippen LogP contribution in [0.2, 0.25) is 0 Å². The Labute approximate surface area is 162 Å². The number of rotatable bonds is 4. The summed E-state index contributed by atoms with van der Waals surface area (Å²) in [5.74, 6) is -0.193. The van der Waals surface area contributed by atoms with Crippen LogP contribution >= 0.6 is 0 Å². The highest BCUT2D eigenvalue weighted by molar-refractivity contribution is 5.96. The lowest BCUT2D eigenvalue weighted by Crippen LogP contribution is -2.34. The highest BCUT2D eigenvalue weighted by Gasteiger charge is 2.28. The van der Waals surface area contributed by atoms with Gasteiger partial charge in [0.25, 0.3) is 11.8 Å². The number of hydrogen-bond acceptors (Lipinski definition) is 4. The molecule has 1 unspecified atom stereocenters. The van der Waals surface area contributed by atoms with E-state index in [1.165, 1.54) is 12.1 Å². The fourth-order valence-electron chi connectivity index (χ4n) is 3.69. The van der Waals surface area contributed by atoms with Crippen molar-refractivity contribution in [2.75, 3.05) is 19.6 Å². The van der Waals surface area contributed by atoms with E-state index in [9.17, 15) is 19.2 Å². The summed E-state index contributed by atoms with van der Waals surface area (Å²) in [5.41, 5.74) is 2.24. The van der Waals surface area contributed by atoms with Crippen LogP contribution in [0.25, 0.3) is 0 Å². The molecule has 8 heteroatoms. The summed E-state index contributed by atoms with van der Waals surface area (Å²) in [6, 6.07) is 4.31. The van der Waals surface area contributed by atoms with Crippen LogP contribution in [0, 0.1) is 26.7 Å². The second kappa shape index (κ2) is 7.84. The minimum absolute atomic E-state index is 0.116. The van der Waals surface area contributed by atoms with E-state index in [1.54, 1.807) is 31.7 Å². The number of nitrogens with zero attached hydrogens (tertiary/aromatic N) is 1. The van der Waals surface area contributed by atoms with Crippen molar-refractivity contribution in [3.63, 3.8) is 0 Å². The third kappa shape index (κ3) is 4.05. The number of aryl methyl sites for hydroxylation is 3. The van der Waals surface area contributed by atoms with Crippen LogP contribution in [0.1, 0.15) is 44.1 Å². The topological polar surface area (TPSA) is 115 Å². The molecule has 0 spiro atoms. The molecule has 8 nitrogen and oxygen atoms in total. The van der Waals surface area contributed by atoms with E-state index >= 15 is 0 Å². The number of hydrogen-bond donors (Lipinski definition) is 3. The van der Waals surface area contributed by atoms with E-state index in [0.717, 1.165) is 6.42 Å². The standard InChI is InChI=1S/C20H24N4O4/c1-11-8-17(26)23-13(3)18(11)19(27)21-9-14-6-7-24(10-14)20(28)15-4-5-16(25)22-12(15)2/h4-5,8,14H,6-7,9-10H2,1-3H3,(H,21,27)(H,22,25)(H,23,26). The highest BCUT2D eigenvalue weighted by Crippen LogP contribution is 2.19. The van der Waals surface area contributed by atoms with Crippen LogP contribution < -0.4 is 16.4 Å². The fourth-order valence-corrected chi connectivity index (χ4v) is 3.69. The van der Waals surface area contributed by atoms with Crippen molar-refractivity contribution in [3.8, 4) is 0 Å². The normalized spacial score (nSPS) is 16.2. The van der Waals surface area contributed by atoms with Crippen LogP contribution in [0.4, 0.5) is 0 Å². The minimum atomic E-state index is -0.232. The van der Waals surface area contributed by atoms with Crippen molar-refractivity contribution in [2.24, 2.45) is 5.92 Å². The molecular weight excluding hydrogens is 360 g/mol. The van der Waals surface area contributed by atoms with Gasteiger partial charge in [0.05, 0.1) is 11.1 Å². The second-order valence-corrected chi connectivity index (χ2v) is 7.29. The molecule has 1 atom stereocenters. The maximum Gasteiger partial charge on any atom is 0.255 e. The van der Waals surface area contributed by atoms with Crippen LogP contribution in [-0.4, -0.2) is 46.3 Å². The van der Waals surface area contributed by atoms with Crippen molar-refractivity contribution in [1.82, 2.24) is 20.2 Å². The predicted octanol–water partition coefficient (Wildman–Crippen LogP) is 0.881. The minimum Gasteiger partial charge on any atom is -0.352 e. The maximum absolute atomic E-state index is 12.7. The number of carbonyl (C=O) groups excluding carboxylic acids is 2. The molecule has 2 aromatic rings. The molecule has 1 aliphatic rings. The Balaban J connectivity index is 1.61. The molecule has 28 heavy (non-hydrogen) atoms. The molecule has 3 heterocycles. The number of aromatic amines is 2. The van der Waals surface area contributed by atoms with Crippen molar-refractivity contribution in [1.29, 1.82) is 0 Å². The van der Waals surface area contributed by atoms with Crippen LogP contribution in [0.5, 0.6) is 0 Å². The van der Waals surface area contributed by atoms with Gasteiger partial charge in [-0.05, 0) is 44.7 Å². The first-order chi connectivity index (χ1) is 13.3. The van der Waals surface area contributed by atoms with Gasteiger partial charge in [-0.15, -0.1) is 0 Å². The quantitative estimate of drug-likeness (QED) is 0.726. The number of aromatic nitrogens is 2. The third-order valence-corrected chi connectivity index (χ3v) is 5.13. The molecule has 2 amide bonds. The van der Waals surface area contributed by atoms with Crippen molar-refractivity contribution < 1.29 is 9.59 Å². The molecular formula is C20H24N4O4. The lowest BCUT2D eigenvalue weighted by atomic mass is 10.1. The average Bonchev–Trinajstić information content (AvgIpc) is 3.07. The molecule has 1 aliphatic heterocycles. The lowest BCUT2D eigenvalue weighted by molar-refractivity contribution is 0.0786. The molecule has 3 rings (SSSR count). The van der Waals surface area contributed by atoms with Gasteiger partial charge in [0.15, 0.2) is 0 Å². The van der Waals surface area contributed by atoms with Gasteiger partial charge in [-0.3, -0.25) is 19.2 Å². The fraction of sp³-hybridized carbons (Fsp3) is 0.400. The molecule has 1 saturated heterocycles. The summed E-state index contributed by atoms with van der Waals surface area (Å²) in [4.78, 5) is 55.0. The van der Waals surface area contributed by atoms with Gasteiger partial charge < -0.3 is 20.2 Å². The number of carbonyl (C=O) groups is 2. The van der Waals surface area contributed by atoms with Crippen LogP contribution in [0.3, 0.4) is 0 Å². The monoisotopic (exact) mass is 384 g/mol. The predicted molar refractivity (Wildman–Crippen MR) is 105 cm³/mol. The number of nitrogens with one attached hydrogen (secondary N) is 3. The SMILES string of the molecule is Cc1cc(=O)[nH]c(C)c1C(=O)NCC1CCN(C(=O)c2ccc(=O)[nH]c2C)C1. The van der Waals surface area contributed by atoms with Crippen LogP contribution in [-0.2, 0) is 0 Å². The van der Waals surface area contributed by atoms with E-state index in [4.69, 9.17) is 0 Å². The van der Waals surface area contributed by atoms with Gasteiger partial charge in [0, 0.05) is 43.2 Å². The van der Waals surface area contributed by atoms with E-state index < -0.39 is 0 Å². The van der Waals surface area contributed by atoms with Gasteiger partial charge in [0.2, 0.25) is 11.1 Å². The first kappa shape index (κ1) is 19.6. The Kier molecular flexibility index (Phi) is 5.48. The first-order valence-corrected chi connectivity index (χ1v) is 9.24. The highest BCUT2D eigenvalue weighted by atomic mass is 16.2. The molecule has 0 aliphatic carbocycles. The Bertz CT molecular complexity index is 1010. The third-order valence-electron chi connectivity index (χ3n) is 5.13. The smallest absolute Gasteiger partial charge is 0.255 e. The van der Waals surface area contributed by atoms with E-state index in [-0.39, 0.29) is 28.9 Å². The van der Waals surface area contributed by atoms with E-state index in [0.29, 0.717) is 47.7 Å². The summed E-state index contributed by atoms with van der Waals surface area (Å²) in [6.07, 6.45) is 0.790. The van der Waals surface area contributed by atoms with Gasteiger partial charge in [0.1, 0.15) is 0 Å². The molecule has 0 saturated carbocycles. The molecule has 0 bridgehead atoms. The number of likely N-dealkylation sites (tertiary alicyclic amines) is 1. The molecule has 1 fully saturated rings.